The normalized spacial score (nSPS) is 11.1. The Balaban J connectivity index is 2.08. The molecular formula is C20H14FN2O+. The third-order valence-corrected chi connectivity index (χ3v) is 4.36. The van der Waals surface area contributed by atoms with E-state index in [1.54, 1.807) is 6.07 Å². The van der Waals surface area contributed by atoms with Crippen LogP contribution in [-0.2, 0) is 7.05 Å². The average Bonchev–Trinajstić information content (AvgIpc) is 2.93. The van der Waals surface area contributed by atoms with Crippen LogP contribution in [0, 0.1) is 19.3 Å². The third kappa shape index (κ3) is 1.99. The quantitative estimate of drug-likeness (QED) is 0.354. The number of pyridine rings is 1. The second-order valence-corrected chi connectivity index (χ2v) is 5.85. The van der Waals surface area contributed by atoms with Gasteiger partial charge < -0.3 is 4.42 Å². The van der Waals surface area contributed by atoms with Gasteiger partial charge in [-0.3, -0.25) is 0 Å². The Morgan fingerprint density at radius 1 is 1.12 bits per heavy atom. The van der Waals surface area contributed by atoms with Crippen LogP contribution < -0.4 is 4.57 Å². The summed E-state index contributed by atoms with van der Waals surface area (Å²) in [4.78, 5) is 3.20. The third-order valence-electron chi connectivity index (χ3n) is 4.36. The minimum Gasteiger partial charge on any atom is -0.454 e. The first kappa shape index (κ1) is 14.4. The lowest BCUT2D eigenvalue weighted by atomic mass is 10.0. The lowest BCUT2D eigenvalue weighted by molar-refractivity contribution is -0.660. The number of aryl methyl sites for hydroxylation is 2. The molecule has 24 heavy (non-hydrogen) atoms. The van der Waals surface area contributed by atoms with E-state index in [-0.39, 0.29) is 11.3 Å². The first-order valence-electron chi connectivity index (χ1n) is 7.58. The summed E-state index contributed by atoms with van der Waals surface area (Å²) in [6.45, 7) is 9.05. The van der Waals surface area contributed by atoms with Crippen molar-refractivity contribution in [3.8, 4) is 11.3 Å². The summed E-state index contributed by atoms with van der Waals surface area (Å²) in [5, 5.41) is 1.54. The minimum absolute atomic E-state index is 0.0204. The van der Waals surface area contributed by atoms with Crippen LogP contribution in [0.25, 0.3) is 38.0 Å². The first-order valence-corrected chi connectivity index (χ1v) is 7.58. The number of halogens is 1. The Morgan fingerprint density at radius 2 is 1.96 bits per heavy atom. The minimum atomic E-state index is -0.594. The van der Waals surface area contributed by atoms with Crippen molar-refractivity contribution >= 4 is 27.6 Å². The highest BCUT2D eigenvalue weighted by atomic mass is 19.1. The Labute approximate surface area is 138 Å². The summed E-state index contributed by atoms with van der Waals surface area (Å²) in [7, 11) is 1.99. The van der Waals surface area contributed by atoms with Crippen LogP contribution in [-0.4, -0.2) is 0 Å². The average molecular weight is 317 g/mol. The van der Waals surface area contributed by atoms with Crippen LogP contribution in [0.2, 0.25) is 0 Å². The number of fused-ring (bicyclic) bond motifs is 3. The molecular weight excluding hydrogens is 303 g/mol. The molecule has 4 rings (SSSR count). The van der Waals surface area contributed by atoms with Gasteiger partial charge in [-0.15, -0.1) is 0 Å². The molecule has 0 saturated heterocycles. The van der Waals surface area contributed by atoms with E-state index in [0.29, 0.717) is 11.0 Å². The van der Waals surface area contributed by atoms with E-state index in [1.165, 1.54) is 6.07 Å². The molecule has 0 fully saturated rings. The summed E-state index contributed by atoms with van der Waals surface area (Å²) in [5.41, 5.74) is 3.95. The summed E-state index contributed by atoms with van der Waals surface area (Å²) in [6.07, 6.45) is 1.99. The number of hydrogen-bond donors (Lipinski definition) is 0. The molecule has 2 heterocycles. The Morgan fingerprint density at radius 3 is 2.71 bits per heavy atom. The topological polar surface area (TPSA) is 21.4 Å². The lowest BCUT2D eigenvalue weighted by Gasteiger charge is -2.04. The van der Waals surface area contributed by atoms with Gasteiger partial charge in [0.25, 0.3) is 0 Å². The van der Waals surface area contributed by atoms with Crippen molar-refractivity contribution in [1.29, 1.82) is 0 Å². The van der Waals surface area contributed by atoms with Crippen molar-refractivity contribution in [3.05, 3.63) is 71.5 Å². The van der Waals surface area contributed by atoms with Crippen molar-refractivity contribution in [2.75, 3.05) is 0 Å². The highest BCUT2D eigenvalue weighted by molar-refractivity contribution is 6.07. The van der Waals surface area contributed by atoms with Crippen molar-refractivity contribution < 1.29 is 13.4 Å². The maximum atomic E-state index is 14.4. The Kier molecular flexibility index (Phi) is 3.10. The maximum absolute atomic E-state index is 14.4. The smallest absolute Gasteiger partial charge is 0.225 e. The van der Waals surface area contributed by atoms with E-state index in [0.717, 1.165) is 22.2 Å². The van der Waals surface area contributed by atoms with Crippen LogP contribution in [0.5, 0.6) is 0 Å². The zero-order valence-corrected chi connectivity index (χ0v) is 13.3. The molecule has 0 atom stereocenters. The molecule has 4 heteroatoms. The lowest BCUT2D eigenvalue weighted by Crippen LogP contribution is -2.30. The van der Waals surface area contributed by atoms with E-state index in [4.69, 9.17) is 11.0 Å². The molecule has 0 aliphatic rings. The summed E-state index contributed by atoms with van der Waals surface area (Å²) in [6, 6.07) is 13.2. The van der Waals surface area contributed by atoms with E-state index in [1.807, 2.05) is 55.1 Å². The molecule has 2 aromatic heterocycles. The molecule has 0 aliphatic carbocycles. The van der Waals surface area contributed by atoms with Gasteiger partial charge in [-0.05, 0) is 30.7 Å². The molecule has 0 aliphatic heterocycles. The standard InChI is InChI=1S/C20H14FN2O/c1-12-10-18-15(11-14(12)17-6-4-5-9-23(17)3)13-7-8-16(22-2)19(21)20(13)24-18/h4-11H,1,3H3/q+1. The molecule has 3 nitrogen and oxygen atoms in total. The number of aromatic nitrogens is 1. The highest BCUT2D eigenvalue weighted by Crippen LogP contribution is 2.37. The molecule has 0 spiro atoms. The number of benzene rings is 2. The molecule has 0 saturated carbocycles. The predicted octanol–water partition coefficient (Wildman–Crippen LogP) is 5.08. The molecule has 0 unspecified atom stereocenters. The van der Waals surface area contributed by atoms with E-state index >= 15 is 0 Å². The SMILES string of the molecule is [C-]#[N+]c1ccc2c(oc3cc(C)c(-c4cccc[n+]4C)cc32)c1F. The van der Waals surface area contributed by atoms with Gasteiger partial charge in [-0.1, -0.05) is 12.1 Å². The predicted molar refractivity (Wildman–Crippen MR) is 91.3 cm³/mol. The Hall–Kier alpha value is -3.19. The van der Waals surface area contributed by atoms with Crippen molar-refractivity contribution in [1.82, 2.24) is 0 Å². The molecule has 0 bridgehead atoms. The van der Waals surface area contributed by atoms with Crippen LogP contribution in [0.15, 0.2) is 53.1 Å². The summed E-state index contributed by atoms with van der Waals surface area (Å²) < 4.78 is 22.1. The van der Waals surface area contributed by atoms with Crippen LogP contribution in [0.3, 0.4) is 0 Å². The number of furan rings is 1. The summed E-state index contributed by atoms with van der Waals surface area (Å²) in [5.74, 6) is -0.594. The van der Waals surface area contributed by atoms with Crippen molar-refractivity contribution in [2.24, 2.45) is 7.05 Å². The van der Waals surface area contributed by atoms with Gasteiger partial charge in [0.05, 0.1) is 6.57 Å². The van der Waals surface area contributed by atoms with Crippen LogP contribution >= 0.6 is 0 Å². The van der Waals surface area contributed by atoms with Gasteiger partial charge in [0, 0.05) is 28.5 Å². The van der Waals surface area contributed by atoms with Crippen molar-refractivity contribution in [2.45, 2.75) is 6.92 Å². The van der Waals surface area contributed by atoms with Crippen LogP contribution in [0.4, 0.5) is 10.1 Å². The summed E-state index contributed by atoms with van der Waals surface area (Å²) >= 11 is 0. The molecule has 0 amide bonds. The number of nitrogens with zero attached hydrogens (tertiary/aromatic N) is 2. The molecule has 0 radical (unpaired) electrons. The van der Waals surface area contributed by atoms with Gasteiger partial charge in [0.1, 0.15) is 12.6 Å². The number of hydrogen-bond acceptors (Lipinski definition) is 1. The fraction of sp³-hybridized carbons (Fsp3) is 0.100. The fourth-order valence-corrected chi connectivity index (χ4v) is 3.11. The Bertz CT molecular complexity index is 1150. The highest BCUT2D eigenvalue weighted by Gasteiger charge is 2.18. The fourth-order valence-electron chi connectivity index (χ4n) is 3.11. The molecule has 4 aromatic rings. The first-order chi connectivity index (χ1) is 11.6. The van der Waals surface area contributed by atoms with E-state index in [2.05, 4.69) is 4.85 Å². The number of rotatable bonds is 1. The van der Waals surface area contributed by atoms with Crippen molar-refractivity contribution in [3.63, 3.8) is 0 Å². The van der Waals surface area contributed by atoms with Gasteiger partial charge >= 0.3 is 0 Å². The van der Waals surface area contributed by atoms with E-state index in [9.17, 15) is 4.39 Å². The monoisotopic (exact) mass is 317 g/mol. The van der Waals surface area contributed by atoms with Gasteiger partial charge in [-0.25, -0.2) is 13.8 Å². The van der Waals surface area contributed by atoms with Gasteiger partial charge in [0.15, 0.2) is 17.6 Å². The van der Waals surface area contributed by atoms with Gasteiger partial charge in [-0.2, -0.15) is 0 Å². The molecule has 116 valence electrons. The second-order valence-electron chi connectivity index (χ2n) is 5.85. The zero-order chi connectivity index (χ0) is 16.8. The maximum Gasteiger partial charge on any atom is 0.225 e. The van der Waals surface area contributed by atoms with E-state index < -0.39 is 5.82 Å². The molecule has 0 N–H and O–H groups in total. The van der Waals surface area contributed by atoms with Crippen LogP contribution in [0.1, 0.15) is 5.56 Å². The second kappa shape index (κ2) is 5.17. The van der Waals surface area contributed by atoms with Gasteiger partial charge in [0.2, 0.25) is 11.4 Å². The zero-order valence-electron chi connectivity index (χ0n) is 13.3. The molecule has 2 aromatic carbocycles. The largest absolute Gasteiger partial charge is 0.454 e.